The van der Waals surface area contributed by atoms with E-state index in [1.807, 2.05) is 0 Å². The number of ether oxygens (including phenoxy) is 1. The van der Waals surface area contributed by atoms with Crippen molar-refractivity contribution in [1.29, 1.82) is 0 Å². The van der Waals surface area contributed by atoms with E-state index in [1.165, 1.54) is 7.11 Å². The van der Waals surface area contributed by atoms with Gasteiger partial charge in [0.15, 0.2) is 0 Å². The Morgan fingerprint density at radius 1 is 1.00 bits per heavy atom. The topological polar surface area (TPSA) is 67.4 Å². The molecule has 0 bridgehead atoms. The van der Waals surface area contributed by atoms with Gasteiger partial charge in [-0.2, -0.15) is 0 Å². The van der Waals surface area contributed by atoms with Crippen LogP contribution in [0.25, 0.3) is 0 Å². The second-order valence-electron chi connectivity index (χ2n) is 4.31. The standard InChI is InChI=1S/C16H16N2O3/c1-17-16(20)13-8-3-4-9-14(13)18-15(19)11-6-5-7-12(10-11)21-2/h3-10H,1-2H3,(H,17,20)(H,18,19). The van der Waals surface area contributed by atoms with E-state index in [-0.39, 0.29) is 11.8 Å². The van der Waals surface area contributed by atoms with E-state index in [9.17, 15) is 9.59 Å². The molecule has 21 heavy (non-hydrogen) atoms. The molecule has 2 N–H and O–H groups in total. The van der Waals surface area contributed by atoms with Crippen molar-refractivity contribution in [2.24, 2.45) is 0 Å². The molecule has 2 rings (SSSR count). The normalized spacial score (nSPS) is 9.81. The number of rotatable bonds is 4. The summed E-state index contributed by atoms with van der Waals surface area (Å²) in [4.78, 5) is 24.0. The molecule has 2 amide bonds. The molecule has 5 heteroatoms. The van der Waals surface area contributed by atoms with E-state index in [0.717, 1.165) is 0 Å². The van der Waals surface area contributed by atoms with Crippen LogP contribution in [0.4, 0.5) is 5.69 Å². The minimum atomic E-state index is -0.301. The molecule has 5 nitrogen and oxygen atoms in total. The number of para-hydroxylation sites is 1. The smallest absolute Gasteiger partial charge is 0.255 e. The molecule has 0 aromatic heterocycles. The van der Waals surface area contributed by atoms with Crippen molar-refractivity contribution >= 4 is 17.5 Å². The number of hydrogen-bond acceptors (Lipinski definition) is 3. The average molecular weight is 284 g/mol. The highest BCUT2D eigenvalue weighted by Gasteiger charge is 2.13. The molecule has 2 aromatic carbocycles. The van der Waals surface area contributed by atoms with Crippen LogP contribution < -0.4 is 15.4 Å². The van der Waals surface area contributed by atoms with E-state index in [4.69, 9.17) is 4.74 Å². The monoisotopic (exact) mass is 284 g/mol. The maximum atomic E-state index is 12.2. The SMILES string of the molecule is CNC(=O)c1ccccc1NC(=O)c1cccc(OC)c1. The van der Waals surface area contributed by atoms with Crippen LogP contribution in [0.5, 0.6) is 5.75 Å². The molecule has 0 saturated heterocycles. The Hall–Kier alpha value is -2.82. The number of anilines is 1. The highest BCUT2D eigenvalue weighted by molar-refractivity contribution is 6.09. The Morgan fingerprint density at radius 3 is 2.48 bits per heavy atom. The van der Waals surface area contributed by atoms with Gasteiger partial charge in [-0.3, -0.25) is 9.59 Å². The molecule has 0 aliphatic rings. The Morgan fingerprint density at radius 2 is 1.76 bits per heavy atom. The number of methoxy groups -OCH3 is 1. The molecule has 0 aliphatic heterocycles. The van der Waals surface area contributed by atoms with Gasteiger partial charge in [-0.15, -0.1) is 0 Å². The molecule has 0 unspecified atom stereocenters. The molecule has 0 heterocycles. The minimum absolute atomic E-state index is 0.253. The van der Waals surface area contributed by atoms with Crippen molar-refractivity contribution in [2.45, 2.75) is 0 Å². The molecule has 2 aromatic rings. The van der Waals surface area contributed by atoms with Gasteiger partial charge >= 0.3 is 0 Å². The first-order valence-electron chi connectivity index (χ1n) is 6.42. The van der Waals surface area contributed by atoms with Gasteiger partial charge in [0.1, 0.15) is 5.75 Å². The third kappa shape index (κ3) is 3.39. The summed E-state index contributed by atoms with van der Waals surface area (Å²) in [6.07, 6.45) is 0. The third-order valence-corrected chi connectivity index (χ3v) is 2.98. The van der Waals surface area contributed by atoms with Gasteiger partial charge < -0.3 is 15.4 Å². The van der Waals surface area contributed by atoms with E-state index in [1.54, 1.807) is 55.6 Å². The molecule has 0 aliphatic carbocycles. The predicted octanol–water partition coefficient (Wildman–Crippen LogP) is 2.31. The van der Waals surface area contributed by atoms with Crippen LogP contribution in [0.3, 0.4) is 0 Å². The summed E-state index contributed by atoms with van der Waals surface area (Å²) in [5.74, 6) is 0.0454. The van der Waals surface area contributed by atoms with Crippen LogP contribution in [0.2, 0.25) is 0 Å². The molecule has 0 fully saturated rings. The maximum Gasteiger partial charge on any atom is 0.255 e. The summed E-state index contributed by atoms with van der Waals surface area (Å²) in [5, 5.41) is 5.28. The second kappa shape index (κ2) is 6.56. The minimum Gasteiger partial charge on any atom is -0.497 e. The number of nitrogens with one attached hydrogen (secondary N) is 2. The van der Waals surface area contributed by atoms with E-state index < -0.39 is 0 Å². The van der Waals surface area contributed by atoms with Crippen molar-refractivity contribution in [1.82, 2.24) is 5.32 Å². The molecule has 0 saturated carbocycles. The highest BCUT2D eigenvalue weighted by atomic mass is 16.5. The number of carbonyl (C=O) groups excluding carboxylic acids is 2. The fourth-order valence-corrected chi connectivity index (χ4v) is 1.88. The zero-order chi connectivity index (χ0) is 15.2. The van der Waals surface area contributed by atoms with Crippen LogP contribution in [-0.2, 0) is 0 Å². The Kier molecular flexibility index (Phi) is 4.56. The van der Waals surface area contributed by atoms with Gasteiger partial charge in [-0.1, -0.05) is 18.2 Å². The van der Waals surface area contributed by atoms with Crippen LogP contribution >= 0.6 is 0 Å². The summed E-state index contributed by atoms with van der Waals surface area (Å²) in [5.41, 5.74) is 1.34. The van der Waals surface area contributed by atoms with Crippen LogP contribution in [0, 0.1) is 0 Å². The van der Waals surface area contributed by atoms with Crippen molar-refractivity contribution < 1.29 is 14.3 Å². The Balaban J connectivity index is 2.25. The first-order chi connectivity index (χ1) is 10.2. The van der Waals surface area contributed by atoms with Crippen LogP contribution in [0.1, 0.15) is 20.7 Å². The maximum absolute atomic E-state index is 12.2. The number of hydrogen-bond donors (Lipinski definition) is 2. The van der Waals surface area contributed by atoms with Crippen LogP contribution in [-0.4, -0.2) is 26.0 Å². The fourth-order valence-electron chi connectivity index (χ4n) is 1.88. The number of amides is 2. The van der Waals surface area contributed by atoms with Crippen molar-refractivity contribution in [2.75, 3.05) is 19.5 Å². The van der Waals surface area contributed by atoms with Gasteiger partial charge in [0.25, 0.3) is 11.8 Å². The van der Waals surface area contributed by atoms with Crippen molar-refractivity contribution in [3.8, 4) is 5.75 Å². The summed E-state index contributed by atoms with van der Waals surface area (Å²) >= 11 is 0. The molecular formula is C16H16N2O3. The Labute approximate surface area is 122 Å². The summed E-state index contributed by atoms with van der Waals surface area (Å²) in [7, 11) is 3.08. The van der Waals surface area contributed by atoms with Gasteiger partial charge in [-0.05, 0) is 30.3 Å². The molecule has 108 valence electrons. The second-order valence-corrected chi connectivity index (χ2v) is 4.31. The van der Waals surface area contributed by atoms with Gasteiger partial charge in [0, 0.05) is 12.6 Å². The van der Waals surface area contributed by atoms with E-state index in [2.05, 4.69) is 10.6 Å². The summed E-state index contributed by atoms with van der Waals surface area (Å²) in [6.45, 7) is 0. The lowest BCUT2D eigenvalue weighted by atomic mass is 10.1. The number of carbonyl (C=O) groups is 2. The van der Waals surface area contributed by atoms with E-state index >= 15 is 0 Å². The predicted molar refractivity (Wildman–Crippen MR) is 80.8 cm³/mol. The molecular weight excluding hydrogens is 268 g/mol. The Bertz CT molecular complexity index is 668. The zero-order valence-electron chi connectivity index (χ0n) is 11.8. The number of benzene rings is 2. The largest absolute Gasteiger partial charge is 0.497 e. The molecule has 0 radical (unpaired) electrons. The molecule has 0 spiro atoms. The lowest BCUT2D eigenvalue weighted by Gasteiger charge is -2.10. The zero-order valence-corrected chi connectivity index (χ0v) is 11.8. The highest BCUT2D eigenvalue weighted by Crippen LogP contribution is 2.18. The quantitative estimate of drug-likeness (QED) is 0.905. The van der Waals surface area contributed by atoms with Crippen molar-refractivity contribution in [3.63, 3.8) is 0 Å². The fraction of sp³-hybridized carbons (Fsp3) is 0.125. The van der Waals surface area contributed by atoms with Crippen molar-refractivity contribution in [3.05, 3.63) is 59.7 Å². The van der Waals surface area contributed by atoms with Gasteiger partial charge in [-0.25, -0.2) is 0 Å². The lowest BCUT2D eigenvalue weighted by Crippen LogP contribution is -2.21. The van der Waals surface area contributed by atoms with E-state index in [0.29, 0.717) is 22.6 Å². The molecule has 0 atom stereocenters. The summed E-state index contributed by atoms with van der Waals surface area (Å²) in [6, 6.07) is 13.6. The third-order valence-electron chi connectivity index (χ3n) is 2.98. The average Bonchev–Trinajstić information content (AvgIpc) is 2.54. The first-order valence-corrected chi connectivity index (χ1v) is 6.42. The van der Waals surface area contributed by atoms with Crippen LogP contribution in [0.15, 0.2) is 48.5 Å². The lowest BCUT2D eigenvalue weighted by molar-refractivity contribution is 0.0964. The summed E-state index contributed by atoms with van der Waals surface area (Å²) < 4.78 is 5.09. The van der Waals surface area contributed by atoms with Gasteiger partial charge in [0.2, 0.25) is 0 Å². The van der Waals surface area contributed by atoms with Gasteiger partial charge in [0.05, 0.1) is 18.4 Å². The first kappa shape index (κ1) is 14.6.